The van der Waals surface area contributed by atoms with Crippen molar-refractivity contribution in [3.63, 3.8) is 0 Å². The fraction of sp³-hybridized carbons (Fsp3) is 0.500. The Balaban J connectivity index is 0. The molecule has 0 radical (unpaired) electrons. The minimum atomic E-state index is -0.935. The molecule has 0 atom stereocenters. The predicted octanol–water partition coefficient (Wildman–Crippen LogP) is 1.84. The van der Waals surface area contributed by atoms with Gasteiger partial charge in [0.15, 0.2) is 0 Å². The molecule has 1 N–H and O–H groups in total. The van der Waals surface area contributed by atoms with E-state index in [1.807, 2.05) is 6.92 Å². The Bertz CT molecular complexity index is 106. The molecule has 0 saturated carbocycles. The molecule has 0 aliphatic rings. The molecule has 0 fully saturated rings. The highest BCUT2D eigenvalue weighted by molar-refractivity contribution is 7.99. The summed E-state index contributed by atoms with van der Waals surface area (Å²) in [6, 6.07) is 0. The van der Waals surface area contributed by atoms with Crippen molar-refractivity contribution in [1.82, 2.24) is 0 Å². The zero-order valence-electron chi connectivity index (χ0n) is 6.03. The standard InChI is InChI=1S/C4H6O2.C2H6S2/c1-3(2)4(5)6;1-2(3)4/h1H2,2H3,(H,5,6);2-4H,1H3. The van der Waals surface area contributed by atoms with Gasteiger partial charge in [0.1, 0.15) is 0 Å². The second-order valence-corrected chi connectivity index (χ2v) is 3.67. The molecule has 60 valence electrons. The van der Waals surface area contributed by atoms with E-state index in [0.717, 1.165) is 0 Å². The third kappa shape index (κ3) is 24.7. The monoisotopic (exact) mass is 180 g/mol. The van der Waals surface area contributed by atoms with E-state index >= 15 is 0 Å². The maximum atomic E-state index is 9.60. The van der Waals surface area contributed by atoms with Crippen molar-refractivity contribution in [2.24, 2.45) is 0 Å². The fourth-order valence-electron chi connectivity index (χ4n) is 0. The number of carboxylic acid groups (broad SMARTS) is 1. The summed E-state index contributed by atoms with van der Waals surface area (Å²) in [6.45, 7) is 6.50. The largest absolute Gasteiger partial charge is 0.478 e. The molecule has 0 rings (SSSR count). The summed E-state index contributed by atoms with van der Waals surface area (Å²) in [5.74, 6) is -0.935. The molecular formula is C6H12O2S2. The highest BCUT2D eigenvalue weighted by Gasteiger charge is 1.90. The van der Waals surface area contributed by atoms with Crippen LogP contribution in [0, 0.1) is 0 Å². The van der Waals surface area contributed by atoms with Gasteiger partial charge in [-0.05, 0) is 13.8 Å². The Morgan fingerprint density at radius 1 is 1.60 bits per heavy atom. The van der Waals surface area contributed by atoms with Crippen LogP contribution in [0.5, 0.6) is 0 Å². The lowest BCUT2D eigenvalue weighted by Crippen LogP contribution is -1.92. The van der Waals surface area contributed by atoms with E-state index in [9.17, 15) is 4.79 Å². The van der Waals surface area contributed by atoms with Gasteiger partial charge >= 0.3 is 5.97 Å². The number of hydrogen-bond donors (Lipinski definition) is 3. The number of hydrogen-bond acceptors (Lipinski definition) is 3. The van der Waals surface area contributed by atoms with Crippen molar-refractivity contribution >= 4 is 31.2 Å². The van der Waals surface area contributed by atoms with Crippen molar-refractivity contribution in [2.45, 2.75) is 18.4 Å². The summed E-state index contributed by atoms with van der Waals surface area (Å²) in [7, 11) is 0. The smallest absolute Gasteiger partial charge is 0.330 e. The van der Waals surface area contributed by atoms with Gasteiger partial charge in [-0.2, -0.15) is 25.3 Å². The minimum absolute atomic E-state index is 0.176. The highest BCUT2D eigenvalue weighted by atomic mass is 32.2. The molecule has 0 spiro atoms. The van der Waals surface area contributed by atoms with Crippen molar-refractivity contribution < 1.29 is 9.90 Å². The molecule has 0 aliphatic carbocycles. The van der Waals surface area contributed by atoms with Gasteiger partial charge in [-0.25, -0.2) is 4.79 Å². The highest BCUT2D eigenvalue weighted by Crippen LogP contribution is 1.93. The molecule has 0 aromatic heterocycles. The number of aliphatic carboxylic acids is 1. The van der Waals surface area contributed by atoms with Crippen LogP contribution in [0.4, 0.5) is 0 Å². The van der Waals surface area contributed by atoms with E-state index in [-0.39, 0.29) is 10.2 Å². The van der Waals surface area contributed by atoms with Crippen molar-refractivity contribution in [2.75, 3.05) is 0 Å². The van der Waals surface area contributed by atoms with Gasteiger partial charge in [-0.15, -0.1) is 0 Å². The minimum Gasteiger partial charge on any atom is -0.478 e. The van der Waals surface area contributed by atoms with Crippen LogP contribution < -0.4 is 0 Å². The molecule has 0 aromatic rings. The number of thiol groups is 2. The van der Waals surface area contributed by atoms with E-state index in [2.05, 4.69) is 31.8 Å². The van der Waals surface area contributed by atoms with Crippen LogP contribution in [-0.4, -0.2) is 15.7 Å². The van der Waals surface area contributed by atoms with Crippen LogP contribution in [0.2, 0.25) is 0 Å². The van der Waals surface area contributed by atoms with Crippen LogP contribution in [-0.2, 0) is 4.79 Å². The lowest BCUT2D eigenvalue weighted by molar-refractivity contribution is -0.132. The zero-order chi connectivity index (χ0) is 8.73. The average Bonchev–Trinajstić information content (AvgIpc) is 1.63. The van der Waals surface area contributed by atoms with Gasteiger partial charge < -0.3 is 5.11 Å². The quantitative estimate of drug-likeness (QED) is 0.327. The summed E-state index contributed by atoms with van der Waals surface area (Å²) >= 11 is 7.66. The molecule has 10 heavy (non-hydrogen) atoms. The van der Waals surface area contributed by atoms with E-state index in [4.69, 9.17) is 5.11 Å². The van der Waals surface area contributed by atoms with Crippen molar-refractivity contribution in [3.8, 4) is 0 Å². The van der Waals surface area contributed by atoms with Crippen LogP contribution in [0.15, 0.2) is 12.2 Å². The normalized spacial score (nSPS) is 8.10. The van der Waals surface area contributed by atoms with Gasteiger partial charge in [-0.1, -0.05) is 6.58 Å². The Hall–Kier alpha value is -0.0900. The van der Waals surface area contributed by atoms with Crippen LogP contribution in [0.25, 0.3) is 0 Å². The first-order valence-corrected chi connectivity index (χ1v) is 3.66. The molecule has 4 heteroatoms. The molecule has 0 aliphatic heterocycles. The lowest BCUT2D eigenvalue weighted by atomic mass is 10.4. The number of carbonyl (C=O) groups is 1. The molecule has 0 unspecified atom stereocenters. The molecule has 0 saturated heterocycles. The molecule has 0 aromatic carbocycles. The Morgan fingerprint density at radius 3 is 1.70 bits per heavy atom. The van der Waals surface area contributed by atoms with Gasteiger partial charge in [-0.3, -0.25) is 0 Å². The summed E-state index contributed by atoms with van der Waals surface area (Å²) < 4.78 is 0.222. The van der Waals surface area contributed by atoms with Crippen molar-refractivity contribution in [3.05, 3.63) is 12.2 Å². The third-order valence-corrected chi connectivity index (χ3v) is 0.365. The molecular weight excluding hydrogens is 168 g/mol. The van der Waals surface area contributed by atoms with E-state index in [1.165, 1.54) is 6.92 Å². The average molecular weight is 180 g/mol. The molecule has 0 bridgehead atoms. The first-order chi connectivity index (χ1) is 4.37. The molecule has 0 amide bonds. The van der Waals surface area contributed by atoms with Gasteiger partial charge in [0, 0.05) is 10.2 Å². The number of rotatable bonds is 1. The van der Waals surface area contributed by atoms with Crippen LogP contribution in [0.1, 0.15) is 13.8 Å². The van der Waals surface area contributed by atoms with Gasteiger partial charge in [0.25, 0.3) is 0 Å². The fourth-order valence-corrected chi connectivity index (χ4v) is 0. The summed E-state index contributed by atoms with van der Waals surface area (Å²) in [4.78, 5) is 9.60. The maximum Gasteiger partial charge on any atom is 0.330 e. The summed E-state index contributed by atoms with van der Waals surface area (Å²) in [6.07, 6.45) is 0. The van der Waals surface area contributed by atoms with E-state index in [0.29, 0.717) is 0 Å². The van der Waals surface area contributed by atoms with E-state index in [1.54, 1.807) is 0 Å². The van der Waals surface area contributed by atoms with Gasteiger partial charge in [0.2, 0.25) is 0 Å². The number of carboxylic acids is 1. The summed E-state index contributed by atoms with van der Waals surface area (Å²) in [5, 5.41) is 7.89. The second-order valence-electron chi connectivity index (χ2n) is 1.72. The first-order valence-electron chi connectivity index (χ1n) is 2.63. The Morgan fingerprint density at radius 2 is 1.70 bits per heavy atom. The van der Waals surface area contributed by atoms with E-state index < -0.39 is 5.97 Å². The third-order valence-electron chi connectivity index (χ3n) is 0.365. The van der Waals surface area contributed by atoms with Crippen LogP contribution >= 0.6 is 25.3 Å². The molecule has 0 heterocycles. The predicted molar refractivity (Wildman–Crippen MR) is 49.9 cm³/mol. The van der Waals surface area contributed by atoms with Gasteiger partial charge in [0.05, 0.1) is 0 Å². The summed E-state index contributed by atoms with van der Waals surface area (Å²) in [5.41, 5.74) is 0.176. The van der Waals surface area contributed by atoms with Crippen LogP contribution in [0.3, 0.4) is 0 Å². The maximum absolute atomic E-state index is 9.60. The second kappa shape index (κ2) is 7.02. The zero-order valence-corrected chi connectivity index (χ0v) is 7.82. The molecule has 2 nitrogen and oxygen atoms in total. The first kappa shape index (κ1) is 12.6. The topological polar surface area (TPSA) is 37.3 Å². The lowest BCUT2D eigenvalue weighted by Gasteiger charge is -1.79. The SMILES string of the molecule is C=C(C)C(=O)O.CC(S)S. The Kier molecular flexibility index (Phi) is 8.83. The van der Waals surface area contributed by atoms with Crippen molar-refractivity contribution in [1.29, 1.82) is 0 Å². The Labute approximate surface area is 72.1 Å².